The Kier molecular flexibility index (Phi) is 6.71. The highest BCUT2D eigenvalue weighted by Crippen LogP contribution is 2.35. The predicted octanol–water partition coefficient (Wildman–Crippen LogP) is 4.22. The van der Waals surface area contributed by atoms with Gasteiger partial charge in [0.25, 0.3) is 0 Å². The molecule has 1 aliphatic rings. The van der Waals surface area contributed by atoms with Crippen LogP contribution in [0, 0.1) is 23.2 Å². The molecule has 0 bridgehead atoms. The van der Waals surface area contributed by atoms with E-state index >= 15 is 0 Å². The van der Waals surface area contributed by atoms with E-state index in [1.807, 2.05) is 0 Å². The summed E-state index contributed by atoms with van der Waals surface area (Å²) in [5.74, 6) is 1.11. The van der Waals surface area contributed by atoms with Crippen LogP contribution in [0.2, 0.25) is 0 Å². The number of rotatable bonds is 6. The molecule has 1 saturated carbocycles. The maximum Gasteiger partial charge on any atom is 0.0672 e. The van der Waals surface area contributed by atoms with Gasteiger partial charge >= 0.3 is 0 Å². The smallest absolute Gasteiger partial charge is 0.0672 e. The molecule has 0 aromatic carbocycles. The zero-order chi connectivity index (χ0) is 13.5. The highest BCUT2D eigenvalue weighted by atomic mass is 15.2. The second-order valence-electron chi connectivity index (χ2n) is 6.10. The number of nitrogens with zero attached hydrogens (tertiary/aromatic N) is 2. The third-order valence-corrected chi connectivity index (χ3v) is 4.36. The maximum absolute atomic E-state index is 9.40. The summed E-state index contributed by atoms with van der Waals surface area (Å²) in [6.07, 6.45) is 7.42. The van der Waals surface area contributed by atoms with Crippen molar-refractivity contribution in [1.29, 1.82) is 5.26 Å². The molecular formula is C16H30N2. The van der Waals surface area contributed by atoms with Gasteiger partial charge in [0.2, 0.25) is 0 Å². The Hall–Kier alpha value is -0.550. The molecule has 104 valence electrons. The fraction of sp³-hybridized carbons (Fsp3) is 0.938. The highest BCUT2D eigenvalue weighted by molar-refractivity contribution is 4.98. The van der Waals surface area contributed by atoms with Crippen molar-refractivity contribution in [2.24, 2.45) is 11.8 Å². The van der Waals surface area contributed by atoms with Crippen molar-refractivity contribution in [2.45, 2.75) is 78.3 Å². The first-order chi connectivity index (χ1) is 8.63. The minimum absolute atomic E-state index is 0.257. The van der Waals surface area contributed by atoms with E-state index in [1.165, 1.54) is 32.1 Å². The van der Waals surface area contributed by atoms with E-state index in [0.717, 1.165) is 18.9 Å². The molecule has 1 aliphatic carbocycles. The quantitative estimate of drug-likeness (QED) is 0.706. The third kappa shape index (κ3) is 3.99. The SMILES string of the molecule is CCCC1CCC(C#N)C(N(CCC)C(C)C)C1. The van der Waals surface area contributed by atoms with E-state index in [1.54, 1.807) is 0 Å². The molecule has 0 N–H and O–H groups in total. The fourth-order valence-corrected chi connectivity index (χ4v) is 3.48. The van der Waals surface area contributed by atoms with E-state index in [0.29, 0.717) is 12.1 Å². The molecule has 0 aliphatic heterocycles. The second kappa shape index (κ2) is 7.79. The Balaban J connectivity index is 2.74. The summed E-state index contributed by atoms with van der Waals surface area (Å²) in [4.78, 5) is 2.58. The topological polar surface area (TPSA) is 27.0 Å². The van der Waals surface area contributed by atoms with Crippen LogP contribution in [0.5, 0.6) is 0 Å². The van der Waals surface area contributed by atoms with Gasteiger partial charge < -0.3 is 0 Å². The Morgan fingerprint density at radius 1 is 1.22 bits per heavy atom. The van der Waals surface area contributed by atoms with Gasteiger partial charge in [-0.2, -0.15) is 5.26 Å². The molecular weight excluding hydrogens is 220 g/mol. The Morgan fingerprint density at radius 2 is 1.94 bits per heavy atom. The summed E-state index contributed by atoms with van der Waals surface area (Å²) in [5, 5.41) is 9.40. The standard InChI is InChI=1S/C16H30N2/c1-5-7-14-8-9-15(12-17)16(11-14)18(10-6-2)13(3)4/h13-16H,5-11H2,1-4H3. The summed E-state index contributed by atoms with van der Waals surface area (Å²) in [6.45, 7) is 10.2. The average molecular weight is 250 g/mol. The van der Waals surface area contributed by atoms with Crippen LogP contribution in [0.1, 0.15) is 66.2 Å². The van der Waals surface area contributed by atoms with Gasteiger partial charge in [-0.1, -0.05) is 26.7 Å². The lowest BCUT2D eigenvalue weighted by molar-refractivity contribution is 0.0719. The van der Waals surface area contributed by atoms with Gasteiger partial charge in [-0.15, -0.1) is 0 Å². The molecule has 0 amide bonds. The van der Waals surface area contributed by atoms with E-state index < -0.39 is 0 Å². The molecule has 0 aromatic rings. The van der Waals surface area contributed by atoms with E-state index in [2.05, 4.69) is 38.7 Å². The monoisotopic (exact) mass is 250 g/mol. The van der Waals surface area contributed by atoms with Crippen molar-refractivity contribution in [3.8, 4) is 6.07 Å². The Bertz CT molecular complexity index is 267. The van der Waals surface area contributed by atoms with Crippen LogP contribution >= 0.6 is 0 Å². The van der Waals surface area contributed by atoms with Crippen LogP contribution < -0.4 is 0 Å². The highest BCUT2D eigenvalue weighted by Gasteiger charge is 2.34. The summed E-state index contributed by atoms with van der Waals surface area (Å²) in [7, 11) is 0. The van der Waals surface area contributed by atoms with Crippen molar-refractivity contribution in [2.75, 3.05) is 6.54 Å². The molecule has 1 fully saturated rings. The van der Waals surface area contributed by atoms with Crippen molar-refractivity contribution < 1.29 is 0 Å². The van der Waals surface area contributed by atoms with E-state index in [-0.39, 0.29) is 5.92 Å². The zero-order valence-electron chi connectivity index (χ0n) is 12.7. The predicted molar refractivity (Wildman–Crippen MR) is 77.3 cm³/mol. The molecule has 0 spiro atoms. The minimum Gasteiger partial charge on any atom is -0.297 e. The number of hydrogen-bond donors (Lipinski definition) is 0. The van der Waals surface area contributed by atoms with Gasteiger partial charge in [-0.25, -0.2) is 0 Å². The molecule has 0 aromatic heterocycles. The average Bonchev–Trinajstić information content (AvgIpc) is 2.36. The van der Waals surface area contributed by atoms with Gasteiger partial charge in [0.05, 0.1) is 12.0 Å². The van der Waals surface area contributed by atoms with Crippen LogP contribution in [0.15, 0.2) is 0 Å². The van der Waals surface area contributed by atoms with E-state index in [9.17, 15) is 5.26 Å². The van der Waals surface area contributed by atoms with Gasteiger partial charge in [0.15, 0.2) is 0 Å². The third-order valence-electron chi connectivity index (χ3n) is 4.36. The molecule has 0 saturated heterocycles. The second-order valence-corrected chi connectivity index (χ2v) is 6.10. The van der Waals surface area contributed by atoms with Gasteiger partial charge in [-0.05, 0) is 52.0 Å². The lowest BCUT2D eigenvalue weighted by atomic mass is 9.76. The van der Waals surface area contributed by atoms with Crippen LogP contribution in [0.25, 0.3) is 0 Å². The van der Waals surface area contributed by atoms with E-state index in [4.69, 9.17) is 0 Å². The number of nitriles is 1. The molecule has 18 heavy (non-hydrogen) atoms. The summed E-state index contributed by atoms with van der Waals surface area (Å²) in [5.41, 5.74) is 0. The van der Waals surface area contributed by atoms with Crippen molar-refractivity contribution in [1.82, 2.24) is 4.90 Å². The van der Waals surface area contributed by atoms with Crippen LogP contribution in [0.4, 0.5) is 0 Å². The summed E-state index contributed by atoms with van der Waals surface area (Å²) >= 11 is 0. The Labute approximate surface area is 113 Å². The van der Waals surface area contributed by atoms with Crippen molar-refractivity contribution in [3.63, 3.8) is 0 Å². The van der Waals surface area contributed by atoms with Crippen molar-refractivity contribution >= 4 is 0 Å². The normalized spacial score (nSPS) is 28.6. The van der Waals surface area contributed by atoms with Crippen molar-refractivity contribution in [3.05, 3.63) is 0 Å². The summed E-state index contributed by atoms with van der Waals surface area (Å²) in [6, 6.07) is 3.63. The molecule has 0 heterocycles. The molecule has 1 rings (SSSR count). The maximum atomic E-state index is 9.40. The fourth-order valence-electron chi connectivity index (χ4n) is 3.48. The Morgan fingerprint density at radius 3 is 2.44 bits per heavy atom. The molecule has 2 nitrogen and oxygen atoms in total. The first kappa shape index (κ1) is 15.5. The molecule has 3 unspecified atom stereocenters. The van der Waals surface area contributed by atoms with Crippen LogP contribution in [-0.4, -0.2) is 23.5 Å². The first-order valence-corrected chi connectivity index (χ1v) is 7.79. The molecule has 2 heteroatoms. The zero-order valence-corrected chi connectivity index (χ0v) is 12.7. The number of hydrogen-bond acceptors (Lipinski definition) is 2. The molecule has 0 radical (unpaired) electrons. The van der Waals surface area contributed by atoms with Crippen LogP contribution in [-0.2, 0) is 0 Å². The van der Waals surface area contributed by atoms with Gasteiger partial charge in [0, 0.05) is 12.1 Å². The largest absolute Gasteiger partial charge is 0.297 e. The molecule has 3 atom stereocenters. The van der Waals surface area contributed by atoms with Crippen LogP contribution in [0.3, 0.4) is 0 Å². The first-order valence-electron chi connectivity index (χ1n) is 7.79. The summed E-state index contributed by atoms with van der Waals surface area (Å²) < 4.78 is 0. The lowest BCUT2D eigenvalue weighted by Crippen LogP contribution is -2.47. The van der Waals surface area contributed by atoms with Gasteiger partial charge in [-0.3, -0.25) is 4.90 Å². The van der Waals surface area contributed by atoms with Gasteiger partial charge in [0.1, 0.15) is 0 Å². The minimum atomic E-state index is 0.257. The lowest BCUT2D eigenvalue weighted by Gasteiger charge is -2.42.